The van der Waals surface area contributed by atoms with E-state index in [0.29, 0.717) is 34.0 Å². The highest BCUT2D eigenvalue weighted by Gasteiger charge is 2.31. The van der Waals surface area contributed by atoms with Crippen molar-refractivity contribution >= 4 is 34.7 Å². The maximum atomic E-state index is 13.3. The Hall–Kier alpha value is -4.53. The quantitative estimate of drug-likeness (QED) is 0.162. The van der Waals surface area contributed by atoms with Crippen LogP contribution in [0.5, 0.6) is 0 Å². The predicted molar refractivity (Wildman–Crippen MR) is 139 cm³/mol. The lowest BCUT2D eigenvalue weighted by atomic mass is 10.0. The molecule has 0 fully saturated rings. The van der Waals surface area contributed by atoms with Gasteiger partial charge in [-0.3, -0.25) is 9.78 Å². The Balaban J connectivity index is 1.63. The molecule has 0 aliphatic carbocycles. The topological polar surface area (TPSA) is 71.9 Å². The summed E-state index contributed by atoms with van der Waals surface area (Å²) in [4.78, 5) is 30.9. The number of benzene rings is 3. The molecule has 1 amide bonds. The fraction of sp³-hybridized carbons (Fsp3) is 0.172. The third kappa shape index (κ3) is 5.88. The van der Waals surface area contributed by atoms with E-state index in [1.807, 2.05) is 6.92 Å². The summed E-state index contributed by atoms with van der Waals surface area (Å²) in [6.07, 6.45) is -2.68. The van der Waals surface area contributed by atoms with Crippen LogP contribution in [-0.2, 0) is 22.1 Å². The zero-order valence-corrected chi connectivity index (χ0v) is 20.7. The van der Waals surface area contributed by atoms with Crippen molar-refractivity contribution in [2.24, 2.45) is 5.10 Å². The molecule has 0 N–H and O–H groups in total. The number of halogens is 3. The smallest absolute Gasteiger partial charge is 0.416 e. The third-order valence-corrected chi connectivity index (χ3v) is 5.88. The predicted octanol–water partition coefficient (Wildman–Crippen LogP) is 6.35. The molecule has 0 radical (unpaired) electrons. The number of nitrogens with zero attached hydrogens (tertiary/aromatic N) is 3. The van der Waals surface area contributed by atoms with Crippen LogP contribution in [0.3, 0.4) is 0 Å². The van der Waals surface area contributed by atoms with Gasteiger partial charge in [-0.1, -0.05) is 61.5 Å². The van der Waals surface area contributed by atoms with Crippen LogP contribution in [0.4, 0.5) is 18.9 Å². The second-order valence-electron chi connectivity index (χ2n) is 8.41. The Kier molecular flexibility index (Phi) is 7.85. The molecule has 0 aliphatic heterocycles. The van der Waals surface area contributed by atoms with Gasteiger partial charge in [0.05, 0.1) is 28.5 Å². The van der Waals surface area contributed by atoms with Gasteiger partial charge in [0.2, 0.25) is 0 Å². The molecule has 0 bridgehead atoms. The zero-order valence-electron chi connectivity index (χ0n) is 20.7. The summed E-state index contributed by atoms with van der Waals surface area (Å²) in [5.74, 6) is -1.56. The molecule has 0 unspecified atom stereocenters. The standard InChI is InChI=1S/C29H24F3N3O3/c1-3-24-19(2)27(23-14-7-8-15-25(23)34-24)28(37)38-18-26(36)35(33-17-20-10-5-4-6-11-20)22-13-9-12-21(16-22)29(30,31)32/h4-17H,3,18H2,1-2H3/b33-17+. The van der Waals surface area contributed by atoms with Crippen molar-refractivity contribution in [1.82, 2.24) is 4.98 Å². The molecule has 0 spiro atoms. The molecule has 0 saturated heterocycles. The summed E-state index contributed by atoms with van der Waals surface area (Å²) in [5.41, 5.74) is 1.84. The highest BCUT2D eigenvalue weighted by atomic mass is 19.4. The number of hydrazone groups is 1. The number of para-hydroxylation sites is 1. The van der Waals surface area contributed by atoms with Crippen LogP contribution in [0.1, 0.15) is 39.7 Å². The Morgan fingerprint density at radius 3 is 2.42 bits per heavy atom. The van der Waals surface area contributed by atoms with Gasteiger partial charge in [0.15, 0.2) is 6.61 Å². The van der Waals surface area contributed by atoms with Gasteiger partial charge in [0.25, 0.3) is 5.91 Å². The van der Waals surface area contributed by atoms with Gasteiger partial charge in [-0.15, -0.1) is 0 Å². The van der Waals surface area contributed by atoms with Crippen LogP contribution in [0.25, 0.3) is 10.9 Å². The number of aromatic nitrogens is 1. The van der Waals surface area contributed by atoms with Gasteiger partial charge in [0.1, 0.15) is 0 Å². The van der Waals surface area contributed by atoms with E-state index in [1.54, 1.807) is 61.5 Å². The number of esters is 1. The van der Waals surface area contributed by atoms with E-state index in [1.165, 1.54) is 18.3 Å². The maximum Gasteiger partial charge on any atom is 0.416 e. The number of alkyl halides is 3. The number of aryl methyl sites for hydroxylation is 1. The first-order valence-corrected chi connectivity index (χ1v) is 11.8. The van der Waals surface area contributed by atoms with Crippen LogP contribution in [0.15, 0.2) is 84.0 Å². The van der Waals surface area contributed by atoms with Crippen LogP contribution < -0.4 is 5.01 Å². The Morgan fingerprint density at radius 2 is 1.71 bits per heavy atom. The number of hydrogen-bond acceptors (Lipinski definition) is 5. The van der Waals surface area contributed by atoms with Crippen molar-refractivity contribution in [3.05, 3.63) is 107 Å². The molecule has 6 nitrogen and oxygen atoms in total. The van der Waals surface area contributed by atoms with E-state index in [9.17, 15) is 22.8 Å². The molecule has 4 aromatic rings. The molecule has 1 aromatic heterocycles. The Bertz CT molecular complexity index is 1500. The zero-order chi connectivity index (χ0) is 27.3. The second-order valence-corrected chi connectivity index (χ2v) is 8.41. The summed E-state index contributed by atoms with van der Waals surface area (Å²) in [6.45, 7) is 2.94. The lowest BCUT2D eigenvalue weighted by molar-refractivity contribution is -0.137. The number of ether oxygens (including phenoxy) is 1. The molecule has 0 aliphatic rings. The van der Waals surface area contributed by atoms with Crippen molar-refractivity contribution in [2.45, 2.75) is 26.4 Å². The van der Waals surface area contributed by atoms with Gasteiger partial charge in [0, 0.05) is 11.1 Å². The number of hydrogen-bond donors (Lipinski definition) is 0. The summed E-state index contributed by atoms with van der Waals surface area (Å²) in [5, 5.41) is 5.50. The number of rotatable bonds is 7. The number of carbonyl (C=O) groups is 2. The molecule has 0 atom stereocenters. The van der Waals surface area contributed by atoms with Crippen molar-refractivity contribution < 1.29 is 27.5 Å². The average Bonchev–Trinajstić information content (AvgIpc) is 2.91. The number of carbonyl (C=O) groups excluding carboxylic acids is 2. The fourth-order valence-corrected chi connectivity index (χ4v) is 3.98. The molecule has 194 valence electrons. The van der Waals surface area contributed by atoms with E-state index in [2.05, 4.69) is 10.1 Å². The highest BCUT2D eigenvalue weighted by Crippen LogP contribution is 2.32. The van der Waals surface area contributed by atoms with Crippen LogP contribution in [0, 0.1) is 6.92 Å². The monoisotopic (exact) mass is 519 g/mol. The molecule has 9 heteroatoms. The largest absolute Gasteiger partial charge is 0.452 e. The van der Waals surface area contributed by atoms with Crippen LogP contribution in [0.2, 0.25) is 0 Å². The SMILES string of the molecule is CCc1nc2ccccc2c(C(=O)OCC(=O)N(/N=C/c2ccccc2)c2cccc(C(F)(F)F)c2)c1C. The number of amides is 1. The summed E-state index contributed by atoms with van der Waals surface area (Å²) < 4.78 is 45.4. The van der Waals surface area contributed by atoms with Crippen molar-refractivity contribution in [2.75, 3.05) is 11.6 Å². The highest BCUT2D eigenvalue weighted by molar-refractivity contribution is 6.06. The molecule has 1 heterocycles. The van der Waals surface area contributed by atoms with E-state index >= 15 is 0 Å². The second kappa shape index (κ2) is 11.2. The molecule has 38 heavy (non-hydrogen) atoms. The van der Waals surface area contributed by atoms with Crippen molar-refractivity contribution in [3.8, 4) is 0 Å². The van der Waals surface area contributed by atoms with Gasteiger partial charge >= 0.3 is 12.1 Å². The van der Waals surface area contributed by atoms with Crippen molar-refractivity contribution in [3.63, 3.8) is 0 Å². The first kappa shape index (κ1) is 26.5. The summed E-state index contributed by atoms with van der Waals surface area (Å²) in [7, 11) is 0. The Labute approximate surface area is 217 Å². The van der Waals surface area contributed by atoms with E-state index in [4.69, 9.17) is 4.74 Å². The first-order chi connectivity index (χ1) is 18.2. The summed E-state index contributed by atoms with van der Waals surface area (Å²) in [6, 6.07) is 20.1. The molecule has 0 saturated carbocycles. The van der Waals surface area contributed by atoms with Crippen LogP contribution >= 0.6 is 0 Å². The summed E-state index contributed by atoms with van der Waals surface area (Å²) >= 11 is 0. The number of pyridine rings is 1. The first-order valence-electron chi connectivity index (χ1n) is 11.8. The third-order valence-electron chi connectivity index (χ3n) is 5.88. The van der Waals surface area contributed by atoms with E-state index in [-0.39, 0.29) is 5.69 Å². The normalized spacial score (nSPS) is 11.6. The van der Waals surface area contributed by atoms with Gasteiger partial charge in [-0.2, -0.15) is 23.3 Å². The average molecular weight is 520 g/mol. The molecular formula is C29H24F3N3O3. The van der Waals surface area contributed by atoms with Crippen molar-refractivity contribution in [1.29, 1.82) is 0 Å². The molecule has 3 aromatic carbocycles. The number of fused-ring (bicyclic) bond motifs is 1. The van der Waals surface area contributed by atoms with Gasteiger partial charge in [-0.05, 0) is 48.7 Å². The maximum absolute atomic E-state index is 13.3. The van der Waals surface area contributed by atoms with Crippen LogP contribution in [-0.4, -0.2) is 29.7 Å². The van der Waals surface area contributed by atoms with E-state index < -0.39 is 30.2 Å². The van der Waals surface area contributed by atoms with Gasteiger partial charge in [-0.25, -0.2) is 4.79 Å². The minimum absolute atomic E-state index is 0.119. The van der Waals surface area contributed by atoms with Gasteiger partial charge < -0.3 is 4.74 Å². The minimum Gasteiger partial charge on any atom is -0.452 e. The lowest BCUT2D eigenvalue weighted by Crippen LogP contribution is -2.31. The molecular weight excluding hydrogens is 495 g/mol. The minimum atomic E-state index is -4.61. The van der Waals surface area contributed by atoms with E-state index in [0.717, 1.165) is 22.8 Å². The fourth-order valence-electron chi connectivity index (χ4n) is 3.98. The lowest BCUT2D eigenvalue weighted by Gasteiger charge is -2.19. The molecule has 4 rings (SSSR count). The number of anilines is 1. The Morgan fingerprint density at radius 1 is 1.00 bits per heavy atom.